The van der Waals surface area contributed by atoms with Crippen molar-refractivity contribution in [1.82, 2.24) is 19.9 Å². The maximum absolute atomic E-state index is 5.69. The van der Waals surface area contributed by atoms with E-state index in [1.165, 1.54) is 11.8 Å². The van der Waals surface area contributed by atoms with Crippen molar-refractivity contribution in [3.8, 4) is 11.4 Å². The molecule has 0 aliphatic heterocycles. The number of hydrogen-bond acceptors (Lipinski definition) is 6. The standard InChI is InChI=1S/C18H14N4OS/c1-11-12(2)23-18(20-11)24-17-14-5-3-4-6-15(14)21-16(22-17)13-7-9-19-10-8-13/h3-10H,1-2H3. The Morgan fingerprint density at radius 3 is 2.46 bits per heavy atom. The first-order valence-corrected chi connectivity index (χ1v) is 8.31. The number of aromatic nitrogens is 4. The van der Waals surface area contributed by atoms with Gasteiger partial charge in [0.05, 0.1) is 11.2 Å². The van der Waals surface area contributed by atoms with Gasteiger partial charge in [-0.1, -0.05) is 18.2 Å². The highest BCUT2D eigenvalue weighted by molar-refractivity contribution is 7.99. The van der Waals surface area contributed by atoms with E-state index in [9.17, 15) is 0 Å². The Balaban J connectivity index is 1.86. The molecule has 0 spiro atoms. The molecule has 0 bridgehead atoms. The average molecular weight is 334 g/mol. The van der Waals surface area contributed by atoms with Gasteiger partial charge in [-0.2, -0.15) is 0 Å². The highest BCUT2D eigenvalue weighted by Gasteiger charge is 2.14. The lowest BCUT2D eigenvalue weighted by molar-refractivity contribution is 0.431. The van der Waals surface area contributed by atoms with Crippen molar-refractivity contribution in [2.24, 2.45) is 0 Å². The highest BCUT2D eigenvalue weighted by atomic mass is 32.2. The second-order valence-electron chi connectivity index (χ2n) is 5.33. The lowest BCUT2D eigenvalue weighted by atomic mass is 10.2. The summed E-state index contributed by atoms with van der Waals surface area (Å²) in [6.07, 6.45) is 3.48. The van der Waals surface area contributed by atoms with Crippen molar-refractivity contribution in [2.45, 2.75) is 24.1 Å². The van der Waals surface area contributed by atoms with Gasteiger partial charge >= 0.3 is 0 Å². The predicted octanol–water partition coefficient (Wildman–Crippen LogP) is 4.45. The van der Waals surface area contributed by atoms with Gasteiger partial charge in [-0.05, 0) is 43.8 Å². The monoisotopic (exact) mass is 334 g/mol. The summed E-state index contributed by atoms with van der Waals surface area (Å²) in [4.78, 5) is 17.9. The molecule has 0 fully saturated rings. The summed E-state index contributed by atoms with van der Waals surface area (Å²) in [6.45, 7) is 3.84. The third-order valence-corrected chi connectivity index (χ3v) is 4.55. The first-order valence-electron chi connectivity index (χ1n) is 7.50. The van der Waals surface area contributed by atoms with Gasteiger partial charge in [0, 0.05) is 23.3 Å². The summed E-state index contributed by atoms with van der Waals surface area (Å²) in [5.41, 5.74) is 2.71. The number of aryl methyl sites for hydroxylation is 2. The third kappa shape index (κ3) is 2.76. The fourth-order valence-corrected chi connectivity index (χ4v) is 3.25. The number of nitrogens with zero attached hydrogens (tertiary/aromatic N) is 4. The molecule has 0 amide bonds. The molecule has 1 aromatic carbocycles. The van der Waals surface area contributed by atoms with Gasteiger partial charge in [0.15, 0.2) is 5.82 Å². The molecule has 6 heteroatoms. The fourth-order valence-electron chi connectivity index (χ4n) is 2.33. The minimum Gasteiger partial charge on any atom is -0.436 e. The Bertz CT molecular complexity index is 995. The Kier molecular flexibility index (Phi) is 3.74. The fraction of sp³-hybridized carbons (Fsp3) is 0.111. The zero-order chi connectivity index (χ0) is 16.5. The molecule has 5 nitrogen and oxygen atoms in total. The minimum absolute atomic E-state index is 0.592. The van der Waals surface area contributed by atoms with Crippen LogP contribution in [-0.4, -0.2) is 19.9 Å². The molecule has 0 saturated heterocycles. The Morgan fingerprint density at radius 1 is 0.917 bits per heavy atom. The van der Waals surface area contributed by atoms with Crippen molar-refractivity contribution in [1.29, 1.82) is 0 Å². The van der Waals surface area contributed by atoms with Crippen molar-refractivity contribution < 1.29 is 4.42 Å². The van der Waals surface area contributed by atoms with E-state index < -0.39 is 0 Å². The maximum atomic E-state index is 5.69. The van der Waals surface area contributed by atoms with Gasteiger partial charge in [0.2, 0.25) is 0 Å². The summed E-state index contributed by atoms with van der Waals surface area (Å²) in [7, 11) is 0. The van der Waals surface area contributed by atoms with E-state index in [0.29, 0.717) is 11.0 Å². The molecule has 24 heavy (non-hydrogen) atoms. The summed E-state index contributed by atoms with van der Waals surface area (Å²) >= 11 is 1.42. The summed E-state index contributed by atoms with van der Waals surface area (Å²) in [5, 5.41) is 2.40. The lowest BCUT2D eigenvalue weighted by Gasteiger charge is -2.07. The van der Waals surface area contributed by atoms with Crippen molar-refractivity contribution in [2.75, 3.05) is 0 Å². The quantitative estimate of drug-likeness (QED) is 0.516. The van der Waals surface area contributed by atoms with Crippen LogP contribution in [-0.2, 0) is 0 Å². The molecule has 3 heterocycles. The normalized spacial score (nSPS) is 11.1. The van der Waals surface area contributed by atoms with Crippen LogP contribution in [0.5, 0.6) is 0 Å². The number of fused-ring (bicyclic) bond motifs is 1. The van der Waals surface area contributed by atoms with Gasteiger partial charge in [0.25, 0.3) is 5.22 Å². The van der Waals surface area contributed by atoms with E-state index in [4.69, 9.17) is 9.40 Å². The van der Waals surface area contributed by atoms with E-state index in [1.54, 1.807) is 12.4 Å². The van der Waals surface area contributed by atoms with E-state index in [2.05, 4.69) is 15.0 Å². The molecule has 4 rings (SSSR count). The molecule has 0 atom stereocenters. The smallest absolute Gasteiger partial charge is 0.262 e. The zero-order valence-corrected chi connectivity index (χ0v) is 14.0. The van der Waals surface area contributed by atoms with E-state index in [0.717, 1.165) is 32.9 Å². The summed E-state index contributed by atoms with van der Waals surface area (Å²) in [6, 6.07) is 11.7. The minimum atomic E-state index is 0.592. The van der Waals surface area contributed by atoms with Crippen LogP contribution in [0.4, 0.5) is 0 Å². The summed E-state index contributed by atoms with van der Waals surface area (Å²) in [5.74, 6) is 1.49. The van der Waals surface area contributed by atoms with Gasteiger partial charge in [-0.3, -0.25) is 4.98 Å². The first-order chi connectivity index (χ1) is 11.7. The van der Waals surface area contributed by atoms with E-state index in [-0.39, 0.29) is 0 Å². The molecule has 4 aromatic rings. The second-order valence-corrected chi connectivity index (χ2v) is 6.27. The lowest BCUT2D eigenvalue weighted by Crippen LogP contribution is -1.94. The number of benzene rings is 1. The Hall–Kier alpha value is -2.73. The van der Waals surface area contributed by atoms with Crippen LogP contribution in [0, 0.1) is 13.8 Å². The third-order valence-electron chi connectivity index (χ3n) is 3.70. The predicted molar refractivity (Wildman–Crippen MR) is 92.9 cm³/mol. The maximum Gasteiger partial charge on any atom is 0.262 e. The van der Waals surface area contributed by atoms with Crippen LogP contribution in [0.15, 0.2) is 63.5 Å². The summed E-state index contributed by atoms with van der Waals surface area (Å²) < 4.78 is 5.69. The number of para-hydroxylation sites is 1. The van der Waals surface area contributed by atoms with E-state index in [1.807, 2.05) is 50.2 Å². The zero-order valence-electron chi connectivity index (χ0n) is 13.2. The molecular weight excluding hydrogens is 320 g/mol. The number of oxazole rings is 1. The van der Waals surface area contributed by atoms with Crippen LogP contribution in [0.3, 0.4) is 0 Å². The second kappa shape index (κ2) is 6.05. The highest BCUT2D eigenvalue weighted by Crippen LogP contribution is 2.33. The number of hydrogen-bond donors (Lipinski definition) is 0. The molecule has 0 N–H and O–H groups in total. The molecule has 118 valence electrons. The Labute approximate surface area is 143 Å². The Morgan fingerprint density at radius 2 is 1.71 bits per heavy atom. The van der Waals surface area contributed by atoms with Gasteiger partial charge in [-0.25, -0.2) is 15.0 Å². The van der Waals surface area contributed by atoms with Crippen LogP contribution in [0.25, 0.3) is 22.3 Å². The topological polar surface area (TPSA) is 64.7 Å². The first kappa shape index (κ1) is 14.8. The molecule has 0 unspecified atom stereocenters. The molecule has 3 aromatic heterocycles. The number of pyridine rings is 1. The molecule has 0 radical (unpaired) electrons. The SMILES string of the molecule is Cc1nc(Sc2nc(-c3ccncc3)nc3ccccc23)oc1C. The van der Waals surface area contributed by atoms with Gasteiger partial charge < -0.3 is 4.42 Å². The van der Waals surface area contributed by atoms with Crippen LogP contribution < -0.4 is 0 Å². The van der Waals surface area contributed by atoms with Crippen LogP contribution >= 0.6 is 11.8 Å². The molecular formula is C18H14N4OS. The van der Waals surface area contributed by atoms with Crippen LogP contribution in [0.2, 0.25) is 0 Å². The van der Waals surface area contributed by atoms with Gasteiger partial charge in [-0.15, -0.1) is 0 Å². The van der Waals surface area contributed by atoms with Crippen molar-refractivity contribution >= 4 is 22.7 Å². The molecule has 0 aliphatic carbocycles. The van der Waals surface area contributed by atoms with Gasteiger partial charge in [0.1, 0.15) is 10.8 Å². The van der Waals surface area contributed by atoms with Crippen LogP contribution in [0.1, 0.15) is 11.5 Å². The average Bonchev–Trinajstić information content (AvgIpc) is 2.93. The molecule has 0 saturated carbocycles. The van der Waals surface area contributed by atoms with Crippen molar-refractivity contribution in [3.63, 3.8) is 0 Å². The number of rotatable bonds is 3. The van der Waals surface area contributed by atoms with Crippen molar-refractivity contribution in [3.05, 3.63) is 60.2 Å². The molecule has 0 aliphatic rings. The van der Waals surface area contributed by atoms with E-state index >= 15 is 0 Å². The largest absolute Gasteiger partial charge is 0.436 e.